The SMILES string of the molecule is CC(c1ccc(Cl)c(Cl)c1)N1CCCCC1C(=O)O. The number of halogens is 2. The van der Waals surface area contributed by atoms with Crippen molar-refractivity contribution in [3.05, 3.63) is 33.8 Å². The number of benzene rings is 1. The van der Waals surface area contributed by atoms with E-state index in [1.807, 2.05) is 24.0 Å². The molecule has 104 valence electrons. The maximum atomic E-state index is 11.3. The van der Waals surface area contributed by atoms with E-state index in [9.17, 15) is 9.90 Å². The molecular formula is C14H17Cl2NO2. The second kappa shape index (κ2) is 6.12. The number of carboxylic acids is 1. The lowest BCUT2D eigenvalue weighted by Gasteiger charge is -2.37. The quantitative estimate of drug-likeness (QED) is 0.917. The van der Waals surface area contributed by atoms with Crippen LogP contribution in [-0.4, -0.2) is 28.6 Å². The molecule has 5 heteroatoms. The van der Waals surface area contributed by atoms with Crippen LogP contribution in [0, 0.1) is 0 Å². The zero-order valence-electron chi connectivity index (χ0n) is 10.8. The summed E-state index contributed by atoms with van der Waals surface area (Å²) in [4.78, 5) is 13.4. The van der Waals surface area contributed by atoms with Crippen molar-refractivity contribution in [2.24, 2.45) is 0 Å². The predicted octanol–water partition coefficient (Wildman–Crippen LogP) is 3.99. The molecule has 1 saturated heterocycles. The molecule has 0 spiro atoms. The van der Waals surface area contributed by atoms with Crippen molar-refractivity contribution in [1.29, 1.82) is 0 Å². The number of likely N-dealkylation sites (tertiary alicyclic amines) is 1. The molecule has 19 heavy (non-hydrogen) atoms. The van der Waals surface area contributed by atoms with Crippen LogP contribution in [0.1, 0.15) is 37.8 Å². The largest absolute Gasteiger partial charge is 0.480 e. The Kier molecular flexibility index (Phi) is 4.71. The lowest BCUT2D eigenvalue weighted by molar-refractivity contribution is -0.145. The van der Waals surface area contributed by atoms with Gasteiger partial charge < -0.3 is 5.11 Å². The Hall–Kier alpha value is -0.770. The minimum absolute atomic E-state index is 0.0242. The molecule has 1 aromatic rings. The summed E-state index contributed by atoms with van der Waals surface area (Å²) in [5.74, 6) is -0.744. The van der Waals surface area contributed by atoms with Gasteiger partial charge in [-0.05, 0) is 44.0 Å². The summed E-state index contributed by atoms with van der Waals surface area (Å²) in [6.07, 6.45) is 2.72. The van der Waals surface area contributed by atoms with Crippen molar-refractivity contribution in [1.82, 2.24) is 4.90 Å². The molecule has 0 radical (unpaired) electrons. The zero-order chi connectivity index (χ0) is 14.0. The Labute approximate surface area is 123 Å². The molecule has 2 unspecified atom stereocenters. The maximum Gasteiger partial charge on any atom is 0.320 e. The van der Waals surface area contributed by atoms with Crippen LogP contribution in [0.15, 0.2) is 18.2 Å². The number of piperidine rings is 1. The van der Waals surface area contributed by atoms with Gasteiger partial charge in [0, 0.05) is 6.04 Å². The number of nitrogens with zero attached hydrogens (tertiary/aromatic N) is 1. The molecule has 1 aliphatic rings. The lowest BCUT2D eigenvalue weighted by Crippen LogP contribution is -2.45. The molecule has 1 heterocycles. The Morgan fingerprint density at radius 3 is 2.74 bits per heavy atom. The molecule has 2 atom stereocenters. The van der Waals surface area contributed by atoms with Crippen LogP contribution in [0.4, 0.5) is 0 Å². The summed E-state index contributed by atoms with van der Waals surface area (Å²) in [5.41, 5.74) is 1.00. The molecule has 1 fully saturated rings. The summed E-state index contributed by atoms with van der Waals surface area (Å²) in [6.45, 7) is 2.82. The average Bonchev–Trinajstić information content (AvgIpc) is 2.41. The Bertz CT molecular complexity index is 479. The van der Waals surface area contributed by atoms with E-state index in [-0.39, 0.29) is 6.04 Å². The first-order chi connectivity index (χ1) is 9.00. The third-order valence-corrected chi connectivity index (χ3v) is 4.49. The van der Waals surface area contributed by atoms with Gasteiger partial charge in [0.05, 0.1) is 10.0 Å². The highest BCUT2D eigenvalue weighted by molar-refractivity contribution is 6.42. The summed E-state index contributed by atoms with van der Waals surface area (Å²) in [7, 11) is 0. The zero-order valence-corrected chi connectivity index (χ0v) is 12.3. The number of carbonyl (C=O) groups is 1. The second-order valence-corrected chi connectivity index (χ2v) is 5.75. The normalized spacial score (nSPS) is 22.2. The van der Waals surface area contributed by atoms with Gasteiger partial charge in [-0.3, -0.25) is 9.69 Å². The first-order valence-corrected chi connectivity index (χ1v) is 7.20. The molecule has 2 rings (SSSR count). The van der Waals surface area contributed by atoms with Crippen molar-refractivity contribution >= 4 is 29.2 Å². The van der Waals surface area contributed by atoms with Crippen LogP contribution >= 0.6 is 23.2 Å². The van der Waals surface area contributed by atoms with Crippen LogP contribution in [0.25, 0.3) is 0 Å². The third-order valence-electron chi connectivity index (χ3n) is 3.75. The predicted molar refractivity (Wildman–Crippen MR) is 76.9 cm³/mol. The fourth-order valence-corrected chi connectivity index (χ4v) is 2.95. The highest BCUT2D eigenvalue weighted by Gasteiger charge is 2.32. The van der Waals surface area contributed by atoms with E-state index < -0.39 is 12.0 Å². The Balaban J connectivity index is 2.23. The van der Waals surface area contributed by atoms with E-state index in [1.165, 1.54) is 0 Å². The summed E-state index contributed by atoms with van der Waals surface area (Å²) < 4.78 is 0. The summed E-state index contributed by atoms with van der Waals surface area (Å²) >= 11 is 11.9. The smallest absolute Gasteiger partial charge is 0.320 e. The van der Waals surface area contributed by atoms with Crippen LogP contribution in [-0.2, 0) is 4.79 Å². The molecule has 0 saturated carbocycles. The molecule has 0 amide bonds. The van der Waals surface area contributed by atoms with E-state index in [2.05, 4.69) is 0 Å². The second-order valence-electron chi connectivity index (χ2n) is 4.94. The van der Waals surface area contributed by atoms with Crippen LogP contribution in [0.2, 0.25) is 10.0 Å². The molecule has 1 N–H and O–H groups in total. The number of hydrogen-bond donors (Lipinski definition) is 1. The first kappa shape index (κ1) is 14.6. The summed E-state index contributed by atoms with van der Waals surface area (Å²) in [5, 5.41) is 10.3. The van der Waals surface area contributed by atoms with Gasteiger partial charge >= 0.3 is 5.97 Å². The van der Waals surface area contributed by atoms with E-state index in [1.54, 1.807) is 6.07 Å². The topological polar surface area (TPSA) is 40.5 Å². The van der Waals surface area contributed by atoms with Crippen LogP contribution in [0.3, 0.4) is 0 Å². The van der Waals surface area contributed by atoms with Crippen molar-refractivity contribution in [2.75, 3.05) is 6.54 Å². The maximum absolute atomic E-state index is 11.3. The first-order valence-electron chi connectivity index (χ1n) is 6.44. The number of hydrogen-bond acceptors (Lipinski definition) is 2. The molecule has 0 bridgehead atoms. The van der Waals surface area contributed by atoms with E-state index in [0.717, 1.165) is 24.9 Å². The molecule has 0 aromatic heterocycles. The molecular weight excluding hydrogens is 285 g/mol. The number of aliphatic carboxylic acids is 1. The molecule has 0 aliphatic carbocycles. The number of carboxylic acid groups (broad SMARTS) is 1. The van der Waals surface area contributed by atoms with Crippen molar-refractivity contribution in [2.45, 2.75) is 38.3 Å². The van der Waals surface area contributed by atoms with Crippen molar-refractivity contribution < 1.29 is 9.90 Å². The van der Waals surface area contributed by atoms with Crippen LogP contribution < -0.4 is 0 Å². The highest BCUT2D eigenvalue weighted by atomic mass is 35.5. The third kappa shape index (κ3) is 3.22. The fraction of sp³-hybridized carbons (Fsp3) is 0.500. The van der Waals surface area contributed by atoms with Gasteiger partial charge in [-0.15, -0.1) is 0 Å². The fourth-order valence-electron chi connectivity index (χ4n) is 2.65. The van der Waals surface area contributed by atoms with Gasteiger partial charge in [0.2, 0.25) is 0 Å². The van der Waals surface area contributed by atoms with E-state index in [0.29, 0.717) is 16.5 Å². The lowest BCUT2D eigenvalue weighted by atomic mass is 9.97. The van der Waals surface area contributed by atoms with E-state index >= 15 is 0 Å². The van der Waals surface area contributed by atoms with Gasteiger partial charge in [-0.1, -0.05) is 35.7 Å². The summed E-state index contributed by atoms with van der Waals surface area (Å²) in [6, 6.07) is 5.11. The monoisotopic (exact) mass is 301 g/mol. The van der Waals surface area contributed by atoms with Gasteiger partial charge in [0.25, 0.3) is 0 Å². The van der Waals surface area contributed by atoms with E-state index in [4.69, 9.17) is 23.2 Å². The highest BCUT2D eigenvalue weighted by Crippen LogP contribution is 2.31. The van der Waals surface area contributed by atoms with Crippen molar-refractivity contribution in [3.8, 4) is 0 Å². The average molecular weight is 302 g/mol. The molecule has 3 nitrogen and oxygen atoms in total. The minimum atomic E-state index is -0.744. The van der Waals surface area contributed by atoms with Gasteiger partial charge in [-0.25, -0.2) is 0 Å². The Morgan fingerprint density at radius 2 is 2.11 bits per heavy atom. The Morgan fingerprint density at radius 1 is 1.37 bits per heavy atom. The van der Waals surface area contributed by atoms with Gasteiger partial charge in [0.15, 0.2) is 0 Å². The minimum Gasteiger partial charge on any atom is -0.480 e. The van der Waals surface area contributed by atoms with Crippen molar-refractivity contribution in [3.63, 3.8) is 0 Å². The molecule has 1 aliphatic heterocycles. The van der Waals surface area contributed by atoms with Gasteiger partial charge in [-0.2, -0.15) is 0 Å². The molecule has 1 aromatic carbocycles. The van der Waals surface area contributed by atoms with Crippen LogP contribution in [0.5, 0.6) is 0 Å². The standard InChI is InChI=1S/C14H17Cl2NO2/c1-9(10-5-6-11(15)12(16)8-10)17-7-3-2-4-13(17)14(18)19/h5-6,8-9,13H,2-4,7H2,1H3,(H,18,19). The number of rotatable bonds is 3. The van der Waals surface area contributed by atoms with Gasteiger partial charge in [0.1, 0.15) is 6.04 Å².